The van der Waals surface area contributed by atoms with Crippen LogP contribution < -0.4 is 5.32 Å². The van der Waals surface area contributed by atoms with Crippen LogP contribution in [0.25, 0.3) is 0 Å². The molecule has 0 aromatic heterocycles. The predicted octanol–water partition coefficient (Wildman–Crippen LogP) is 0.308. The Kier molecular flexibility index (Phi) is 5.89. The molecule has 0 saturated carbocycles. The summed E-state index contributed by atoms with van der Waals surface area (Å²) in [5.74, 6) is 0. The fourth-order valence-electron chi connectivity index (χ4n) is 3.13. The molecule has 2 aliphatic rings. The third kappa shape index (κ3) is 4.50. The van der Waals surface area contributed by atoms with Gasteiger partial charge in [-0.2, -0.15) is 0 Å². The lowest BCUT2D eigenvalue weighted by atomic mass is 10.0. The van der Waals surface area contributed by atoms with E-state index in [2.05, 4.69) is 34.1 Å². The lowest BCUT2D eigenvalue weighted by Crippen LogP contribution is -2.52. The van der Waals surface area contributed by atoms with Crippen LogP contribution in [0.3, 0.4) is 0 Å². The Morgan fingerprint density at radius 3 is 2.33 bits per heavy atom. The Morgan fingerprint density at radius 2 is 1.72 bits per heavy atom. The summed E-state index contributed by atoms with van der Waals surface area (Å²) in [4.78, 5) is 7.65. The van der Waals surface area contributed by atoms with Crippen LogP contribution in [0.5, 0.6) is 0 Å². The van der Waals surface area contributed by atoms with Gasteiger partial charge in [0.05, 0.1) is 0 Å². The van der Waals surface area contributed by atoms with Crippen molar-refractivity contribution >= 4 is 0 Å². The SMILES string of the molecule is CN(C)CCCN1CCN(C2CCNCC2)CC1. The zero-order chi connectivity index (χ0) is 12.8. The topological polar surface area (TPSA) is 21.8 Å². The molecule has 2 saturated heterocycles. The van der Waals surface area contributed by atoms with Gasteiger partial charge < -0.3 is 15.1 Å². The van der Waals surface area contributed by atoms with Crippen LogP contribution in [-0.4, -0.2) is 87.2 Å². The number of piperidine rings is 1. The summed E-state index contributed by atoms with van der Waals surface area (Å²) in [6.07, 6.45) is 4.00. The zero-order valence-corrected chi connectivity index (χ0v) is 12.2. The minimum Gasteiger partial charge on any atom is -0.317 e. The number of rotatable bonds is 5. The first-order valence-corrected chi connectivity index (χ1v) is 7.57. The van der Waals surface area contributed by atoms with Crippen molar-refractivity contribution < 1.29 is 0 Å². The highest BCUT2D eigenvalue weighted by Crippen LogP contribution is 2.14. The number of hydrogen-bond donors (Lipinski definition) is 1. The van der Waals surface area contributed by atoms with Crippen molar-refractivity contribution in [1.29, 1.82) is 0 Å². The molecule has 0 aromatic carbocycles. The minimum absolute atomic E-state index is 0.857. The van der Waals surface area contributed by atoms with Crippen LogP contribution in [0.15, 0.2) is 0 Å². The highest BCUT2D eigenvalue weighted by atomic mass is 15.3. The summed E-state index contributed by atoms with van der Waals surface area (Å²) in [7, 11) is 4.32. The quantitative estimate of drug-likeness (QED) is 0.762. The Labute approximate surface area is 112 Å². The van der Waals surface area contributed by atoms with Crippen molar-refractivity contribution in [2.75, 3.05) is 66.5 Å². The van der Waals surface area contributed by atoms with E-state index in [0.29, 0.717) is 0 Å². The van der Waals surface area contributed by atoms with E-state index in [-0.39, 0.29) is 0 Å². The molecular weight excluding hydrogens is 224 g/mol. The Bertz CT molecular complexity index is 218. The van der Waals surface area contributed by atoms with Gasteiger partial charge in [-0.25, -0.2) is 0 Å². The monoisotopic (exact) mass is 254 g/mol. The molecule has 106 valence electrons. The van der Waals surface area contributed by atoms with Crippen molar-refractivity contribution in [2.24, 2.45) is 0 Å². The van der Waals surface area contributed by atoms with E-state index in [1.54, 1.807) is 0 Å². The van der Waals surface area contributed by atoms with Gasteiger partial charge in [-0.05, 0) is 59.5 Å². The molecule has 1 N–H and O–H groups in total. The van der Waals surface area contributed by atoms with Gasteiger partial charge in [0, 0.05) is 32.2 Å². The maximum absolute atomic E-state index is 3.46. The first-order chi connectivity index (χ1) is 8.75. The maximum Gasteiger partial charge on any atom is 0.0120 e. The molecule has 0 aromatic rings. The number of hydrogen-bond acceptors (Lipinski definition) is 4. The molecule has 2 heterocycles. The van der Waals surface area contributed by atoms with Crippen molar-refractivity contribution in [2.45, 2.75) is 25.3 Å². The van der Waals surface area contributed by atoms with E-state index in [0.717, 1.165) is 6.04 Å². The standard InChI is InChI=1S/C14H30N4/c1-16(2)8-3-9-17-10-12-18(13-11-17)14-4-6-15-7-5-14/h14-15H,3-13H2,1-2H3. The molecule has 0 spiro atoms. The number of nitrogens with one attached hydrogen (secondary N) is 1. The van der Waals surface area contributed by atoms with Gasteiger partial charge >= 0.3 is 0 Å². The summed E-state index contributed by atoms with van der Waals surface area (Å²) >= 11 is 0. The fourth-order valence-corrected chi connectivity index (χ4v) is 3.13. The number of nitrogens with zero attached hydrogens (tertiary/aromatic N) is 3. The van der Waals surface area contributed by atoms with E-state index in [1.807, 2.05) is 0 Å². The molecule has 0 radical (unpaired) electrons. The van der Waals surface area contributed by atoms with Crippen LogP contribution in [0, 0.1) is 0 Å². The molecule has 0 amide bonds. The molecule has 2 fully saturated rings. The van der Waals surface area contributed by atoms with E-state index >= 15 is 0 Å². The molecule has 0 aliphatic carbocycles. The lowest BCUT2D eigenvalue weighted by Gasteiger charge is -2.41. The van der Waals surface area contributed by atoms with Crippen molar-refractivity contribution in [3.05, 3.63) is 0 Å². The van der Waals surface area contributed by atoms with E-state index in [4.69, 9.17) is 0 Å². The molecular formula is C14H30N4. The second-order valence-electron chi connectivity index (χ2n) is 6.02. The Balaban J connectivity index is 1.61. The molecule has 0 bridgehead atoms. The Hall–Kier alpha value is -0.160. The first-order valence-electron chi connectivity index (χ1n) is 7.57. The average Bonchev–Trinajstić information content (AvgIpc) is 2.40. The fraction of sp³-hybridized carbons (Fsp3) is 1.00. The van der Waals surface area contributed by atoms with Gasteiger partial charge in [-0.3, -0.25) is 4.90 Å². The predicted molar refractivity (Wildman–Crippen MR) is 77.1 cm³/mol. The second-order valence-corrected chi connectivity index (χ2v) is 6.02. The molecule has 2 aliphatic heterocycles. The summed E-state index contributed by atoms with van der Waals surface area (Å²) in [5.41, 5.74) is 0. The van der Waals surface area contributed by atoms with Crippen LogP contribution >= 0.6 is 0 Å². The van der Waals surface area contributed by atoms with Gasteiger partial charge in [0.15, 0.2) is 0 Å². The Morgan fingerprint density at radius 1 is 1.06 bits per heavy atom. The summed E-state index contributed by atoms with van der Waals surface area (Å²) in [6, 6.07) is 0.857. The molecule has 4 nitrogen and oxygen atoms in total. The second kappa shape index (κ2) is 7.43. The number of piperazine rings is 1. The zero-order valence-electron chi connectivity index (χ0n) is 12.2. The molecule has 4 heteroatoms. The lowest BCUT2D eigenvalue weighted by molar-refractivity contribution is 0.0804. The summed E-state index contributed by atoms with van der Waals surface area (Å²) in [5, 5.41) is 3.46. The summed E-state index contributed by atoms with van der Waals surface area (Å²) in [6.45, 7) is 10.0. The highest BCUT2D eigenvalue weighted by Gasteiger charge is 2.24. The van der Waals surface area contributed by atoms with Gasteiger partial charge in [-0.15, -0.1) is 0 Å². The molecule has 0 unspecified atom stereocenters. The van der Waals surface area contributed by atoms with Crippen molar-refractivity contribution in [3.63, 3.8) is 0 Å². The van der Waals surface area contributed by atoms with Crippen molar-refractivity contribution in [1.82, 2.24) is 20.0 Å². The largest absolute Gasteiger partial charge is 0.317 e. The minimum atomic E-state index is 0.857. The van der Waals surface area contributed by atoms with Crippen LogP contribution in [0.4, 0.5) is 0 Å². The van der Waals surface area contributed by atoms with E-state index in [1.165, 1.54) is 71.6 Å². The van der Waals surface area contributed by atoms with E-state index < -0.39 is 0 Å². The van der Waals surface area contributed by atoms with Crippen molar-refractivity contribution in [3.8, 4) is 0 Å². The molecule has 2 rings (SSSR count). The van der Waals surface area contributed by atoms with Gasteiger partial charge in [0.1, 0.15) is 0 Å². The van der Waals surface area contributed by atoms with E-state index in [9.17, 15) is 0 Å². The highest BCUT2D eigenvalue weighted by molar-refractivity contribution is 4.82. The summed E-state index contributed by atoms with van der Waals surface area (Å²) < 4.78 is 0. The van der Waals surface area contributed by atoms with Crippen LogP contribution in [-0.2, 0) is 0 Å². The van der Waals surface area contributed by atoms with Crippen LogP contribution in [0.2, 0.25) is 0 Å². The average molecular weight is 254 g/mol. The third-order valence-electron chi connectivity index (χ3n) is 4.31. The third-order valence-corrected chi connectivity index (χ3v) is 4.31. The normalized spacial score (nSPS) is 24.8. The molecule has 0 atom stereocenters. The van der Waals surface area contributed by atoms with Gasteiger partial charge in [-0.1, -0.05) is 0 Å². The smallest absolute Gasteiger partial charge is 0.0120 e. The first kappa shape index (κ1) is 14.3. The van der Waals surface area contributed by atoms with Crippen LogP contribution in [0.1, 0.15) is 19.3 Å². The van der Waals surface area contributed by atoms with Gasteiger partial charge in [0.2, 0.25) is 0 Å². The molecule has 18 heavy (non-hydrogen) atoms. The maximum atomic E-state index is 3.46. The van der Waals surface area contributed by atoms with Gasteiger partial charge in [0.25, 0.3) is 0 Å².